The van der Waals surface area contributed by atoms with Crippen molar-refractivity contribution in [2.75, 3.05) is 12.4 Å². The first-order valence-corrected chi connectivity index (χ1v) is 4.40. The molecule has 3 amide bonds. The number of carbonyl (C=O) groups is 2. The molecule has 5 nitrogen and oxygen atoms in total. The first-order chi connectivity index (χ1) is 7.17. The van der Waals surface area contributed by atoms with E-state index in [1.54, 1.807) is 18.2 Å². The van der Waals surface area contributed by atoms with Gasteiger partial charge < -0.3 is 10.1 Å². The highest BCUT2D eigenvalue weighted by Gasteiger charge is 2.04. The van der Waals surface area contributed by atoms with Gasteiger partial charge in [0.1, 0.15) is 5.75 Å². The van der Waals surface area contributed by atoms with E-state index in [0.717, 1.165) is 0 Å². The second-order valence-corrected chi connectivity index (χ2v) is 2.97. The molecular formula is C9H9ClN2O3. The van der Waals surface area contributed by atoms with Gasteiger partial charge in [0, 0.05) is 11.8 Å². The first kappa shape index (κ1) is 11.3. The normalized spacial score (nSPS) is 9.20. The maximum atomic E-state index is 11.0. The number of nitrogens with one attached hydrogen (secondary N) is 2. The number of anilines is 1. The highest BCUT2D eigenvalue weighted by Crippen LogP contribution is 2.27. The summed E-state index contributed by atoms with van der Waals surface area (Å²) >= 11 is 5.78. The van der Waals surface area contributed by atoms with Gasteiger partial charge in [-0.3, -0.25) is 10.1 Å². The zero-order valence-corrected chi connectivity index (χ0v) is 8.67. The van der Waals surface area contributed by atoms with Crippen LogP contribution in [-0.4, -0.2) is 19.6 Å². The minimum absolute atomic E-state index is 0.294. The molecular weight excluding hydrogens is 220 g/mol. The van der Waals surface area contributed by atoms with Crippen molar-refractivity contribution in [1.82, 2.24) is 5.32 Å². The third-order valence-electron chi connectivity index (χ3n) is 1.60. The Kier molecular flexibility index (Phi) is 3.93. The molecule has 0 aromatic heterocycles. The predicted molar refractivity (Wildman–Crippen MR) is 56.2 cm³/mol. The minimum atomic E-state index is -0.616. The number of hydrogen-bond acceptors (Lipinski definition) is 3. The third-order valence-corrected chi connectivity index (χ3v) is 1.91. The Morgan fingerprint density at radius 3 is 2.87 bits per heavy atom. The summed E-state index contributed by atoms with van der Waals surface area (Å²) in [5.74, 6) is 0.445. The summed E-state index contributed by atoms with van der Waals surface area (Å²) in [6, 6.07) is 4.10. The van der Waals surface area contributed by atoms with E-state index < -0.39 is 6.03 Å². The molecule has 1 aromatic rings. The van der Waals surface area contributed by atoms with Gasteiger partial charge in [-0.05, 0) is 12.1 Å². The largest absolute Gasteiger partial charge is 0.495 e. The number of imide groups is 1. The van der Waals surface area contributed by atoms with Gasteiger partial charge in [0.15, 0.2) is 0 Å². The second-order valence-electron chi connectivity index (χ2n) is 2.57. The second kappa shape index (κ2) is 5.21. The SMILES string of the molecule is COc1cc(NC(=O)NC=O)ccc1Cl. The lowest BCUT2D eigenvalue weighted by Crippen LogP contribution is -2.27. The third kappa shape index (κ3) is 3.14. The maximum Gasteiger partial charge on any atom is 0.325 e. The van der Waals surface area contributed by atoms with Gasteiger partial charge in [0.2, 0.25) is 6.41 Å². The molecule has 0 spiro atoms. The zero-order chi connectivity index (χ0) is 11.3. The Hall–Kier alpha value is -1.75. The molecule has 1 rings (SSSR count). The van der Waals surface area contributed by atoms with E-state index in [2.05, 4.69) is 5.32 Å². The molecule has 80 valence electrons. The predicted octanol–water partition coefficient (Wildman–Crippen LogP) is 1.63. The molecule has 0 aliphatic heterocycles. The fourth-order valence-corrected chi connectivity index (χ4v) is 1.15. The molecule has 0 saturated heterocycles. The molecule has 6 heteroatoms. The van der Waals surface area contributed by atoms with Crippen LogP contribution in [0.15, 0.2) is 18.2 Å². The van der Waals surface area contributed by atoms with E-state index in [9.17, 15) is 9.59 Å². The van der Waals surface area contributed by atoms with Crippen molar-refractivity contribution in [2.45, 2.75) is 0 Å². The van der Waals surface area contributed by atoms with E-state index in [1.807, 2.05) is 5.32 Å². The summed E-state index contributed by atoms with van der Waals surface area (Å²) in [5, 5.41) is 4.81. The Bertz CT molecular complexity index is 382. The van der Waals surface area contributed by atoms with Crippen LogP contribution in [0, 0.1) is 0 Å². The number of hydrogen-bond donors (Lipinski definition) is 2. The average Bonchev–Trinajstić information content (AvgIpc) is 2.21. The fourth-order valence-electron chi connectivity index (χ4n) is 0.958. The fraction of sp³-hybridized carbons (Fsp3) is 0.111. The molecule has 0 fully saturated rings. The molecule has 0 bridgehead atoms. The average molecular weight is 229 g/mol. The van der Waals surface area contributed by atoms with E-state index >= 15 is 0 Å². The number of methoxy groups -OCH3 is 1. The van der Waals surface area contributed by atoms with E-state index in [4.69, 9.17) is 16.3 Å². The number of ether oxygens (including phenoxy) is 1. The van der Waals surface area contributed by atoms with Gasteiger partial charge in [0.05, 0.1) is 12.1 Å². The lowest BCUT2D eigenvalue weighted by atomic mass is 10.3. The van der Waals surface area contributed by atoms with E-state index in [1.165, 1.54) is 7.11 Å². The van der Waals surface area contributed by atoms with Crippen molar-refractivity contribution in [3.05, 3.63) is 23.2 Å². The standard InChI is InChI=1S/C9H9ClN2O3/c1-15-8-4-6(2-3-7(8)10)12-9(14)11-5-13/h2-5H,1H3,(H2,11,12,13,14). The Morgan fingerprint density at radius 1 is 1.53 bits per heavy atom. The molecule has 0 aliphatic carbocycles. The summed E-state index contributed by atoms with van der Waals surface area (Å²) in [5.41, 5.74) is 0.482. The number of rotatable bonds is 3. The number of urea groups is 1. The van der Waals surface area contributed by atoms with Crippen molar-refractivity contribution >= 4 is 29.7 Å². The number of benzene rings is 1. The minimum Gasteiger partial charge on any atom is -0.495 e. The molecule has 1 aromatic carbocycles. The van der Waals surface area contributed by atoms with Crippen LogP contribution < -0.4 is 15.4 Å². The Balaban J connectivity index is 2.78. The quantitative estimate of drug-likeness (QED) is 0.773. The zero-order valence-electron chi connectivity index (χ0n) is 7.91. The van der Waals surface area contributed by atoms with Crippen LogP contribution in [0.1, 0.15) is 0 Å². The summed E-state index contributed by atoms with van der Waals surface area (Å²) in [6.07, 6.45) is 0.294. The maximum absolute atomic E-state index is 11.0. The van der Waals surface area contributed by atoms with Gasteiger partial charge in [-0.1, -0.05) is 11.6 Å². The topological polar surface area (TPSA) is 67.4 Å². The highest BCUT2D eigenvalue weighted by atomic mass is 35.5. The number of carbonyl (C=O) groups excluding carboxylic acids is 2. The van der Waals surface area contributed by atoms with E-state index in [-0.39, 0.29) is 0 Å². The van der Waals surface area contributed by atoms with Gasteiger partial charge >= 0.3 is 6.03 Å². The smallest absolute Gasteiger partial charge is 0.325 e. The van der Waals surface area contributed by atoms with Crippen molar-refractivity contribution in [2.24, 2.45) is 0 Å². The summed E-state index contributed by atoms with van der Waals surface area (Å²) in [4.78, 5) is 20.9. The lowest BCUT2D eigenvalue weighted by molar-refractivity contribution is -0.108. The van der Waals surface area contributed by atoms with Crippen molar-refractivity contribution in [3.63, 3.8) is 0 Å². The Labute approximate surface area is 91.4 Å². The first-order valence-electron chi connectivity index (χ1n) is 4.02. The van der Waals surface area contributed by atoms with Crippen molar-refractivity contribution in [3.8, 4) is 5.75 Å². The van der Waals surface area contributed by atoms with Crippen LogP contribution in [0.3, 0.4) is 0 Å². The van der Waals surface area contributed by atoms with Crippen LogP contribution in [0.4, 0.5) is 10.5 Å². The number of amides is 3. The summed E-state index contributed by atoms with van der Waals surface area (Å²) < 4.78 is 4.95. The molecule has 0 radical (unpaired) electrons. The monoisotopic (exact) mass is 228 g/mol. The van der Waals surface area contributed by atoms with Crippen LogP contribution in [0.25, 0.3) is 0 Å². The lowest BCUT2D eigenvalue weighted by Gasteiger charge is -2.07. The van der Waals surface area contributed by atoms with Gasteiger partial charge in [-0.2, -0.15) is 0 Å². The molecule has 0 saturated carbocycles. The highest BCUT2D eigenvalue weighted by molar-refractivity contribution is 6.32. The van der Waals surface area contributed by atoms with Crippen LogP contribution in [-0.2, 0) is 4.79 Å². The van der Waals surface area contributed by atoms with Gasteiger partial charge in [0.25, 0.3) is 0 Å². The summed E-state index contributed by atoms with van der Waals surface area (Å²) in [7, 11) is 1.47. The molecule has 0 heterocycles. The molecule has 0 unspecified atom stereocenters. The van der Waals surface area contributed by atoms with Crippen LogP contribution in [0.2, 0.25) is 5.02 Å². The molecule has 15 heavy (non-hydrogen) atoms. The van der Waals surface area contributed by atoms with Gasteiger partial charge in [-0.25, -0.2) is 4.79 Å². The van der Waals surface area contributed by atoms with Crippen LogP contribution >= 0.6 is 11.6 Å². The van der Waals surface area contributed by atoms with Crippen molar-refractivity contribution in [1.29, 1.82) is 0 Å². The van der Waals surface area contributed by atoms with Crippen molar-refractivity contribution < 1.29 is 14.3 Å². The molecule has 0 aliphatic rings. The Morgan fingerprint density at radius 2 is 2.27 bits per heavy atom. The van der Waals surface area contributed by atoms with Gasteiger partial charge in [-0.15, -0.1) is 0 Å². The number of halogens is 1. The van der Waals surface area contributed by atoms with Crippen LogP contribution in [0.5, 0.6) is 5.75 Å². The summed E-state index contributed by atoms with van der Waals surface area (Å²) in [6.45, 7) is 0. The molecule has 2 N–H and O–H groups in total. The molecule has 0 atom stereocenters. The van der Waals surface area contributed by atoms with E-state index in [0.29, 0.717) is 22.9 Å².